The lowest BCUT2D eigenvalue weighted by Crippen LogP contribution is -2.35. The lowest BCUT2D eigenvalue weighted by molar-refractivity contribution is 0.00578. The molecule has 1 atom stereocenters. The first-order valence-corrected chi connectivity index (χ1v) is 7.23. The van der Waals surface area contributed by atoms with Gasteiger partial charge in [0.05, 0.1) is 6.61 Å². The molecular weight excluding hydrogens is 306 g/mol. The van der Waals surface area contributed by atoms with Gasteiger partial charge in [0, 0.05) is 22.4 Å². The average molecular weight is 322 g/mol. The Bertz CT molecular complexity index is 391. The van der Waals surface area contributed by atoms with Gasteiger partial charge in [-0.15, -0.1) is 0 Å². The first kappa shape index (κ1) is 13.3. The minimum absolute atomic E-state index is 0.00374. The third-order valence-corrected chi connectivity index (χ3v) is 4.69. The maximum absolute atomic E-state index is 13.7. The molecule has 1 aromatic carbocycles. The van der Waals surface area contributed by atoms with Gasteiger partial charge < -0.3 is 4.74 Å². The van der Waals surface area contributed by atoms with Gasteiger partial charge in [-0.05, 0) is 43.0 Å². The average Bonchev–Trinajstić information content (AvgIpc) is 2.35. The van der Waals surface area contributed by atoms with Gasteiger partial charge in [-0.3, -0.25) is 0 Å². The highest BCUT2D eigenvalue weighted by Gasteiger charge is 2.32. The zero-order chi connectivity index (χ0) is 12.3. The van der Waals surface area contributed by atoms with Crippen LogP contribution in [-0.4, -0.2) is 18.5 Å². The first-order chi connectivity index (χ1) is 8.15. The van der Waals surface area contributed by atoms with E-state index >= 15 is 0 Å². The molecule has 1 fully saturated rings. The second-order valence-corrected chi connectivity index (χ2v) is 5.70. The molecular formula is C13H15BrClFO. The highest BCUT2D eigenvalue weighted by molar-refractivity contribution is 9.09. The Kier molecular flexibility index (Phi) is 4.45. The minimum atomic E-state index is -0.180. The molecule has 2 rings (SSSR count). The van der Waals surface area contributed by atoms with Crippen LogP contribution in [0.1, 0.15) is 18.4 Å². The lowest BCUT2D eigenvalue weighted by atomic mass is 9.79. The van der Waals surface area contributed by atoms with Crippen molar-refractivity contribution in [2.45, 2.75) is 19.3 Å². The number of hydrogen-bond acceptors (Lipinski definition) is 1. The Morgan fingerprint density at radius 1 is 1.47 bits per heavy atom. The van der Waals surface area contributed by atoms with Crippen LogP contribution in [0, 0.1) is 11.2 Å². The minimum Gasteiger partial charge on any atom is -0.381 e. The number of ether oxygens (including phenoxy) is 1. The Hall–Kier alpha value is -0.120. The van der Waals surface area contributed by atoms with E-state index in [4.69, 9.17) is 16.3 Å². The molecule has 0 bridgehead atoms. The van der Waals surface area contributed by atoms with E-state index in [0.717, 1.165) is 24.8 Å². The Morgan fingerprint density at radius 2 is 2.29 bits per heavy atom. The van der Waals surface area contributed by atoms with Crippen molar-refractivity contribution in [3.8, 4) is 0 Å². The van der Waals surface area contributed by atoms with Crippen LogP contribution in [0.25, 0.3) is 0 Å². The molecule has 0 aliphatic carbocycles. The molecule has 0 saturated carbocycles. The predicted octanol–water partition coefficient (Wildman–Crippen LogP) is 4.21. The fourth-order valence-corrected chi connectivity index (χ4v) is 3.12. The second kappa shape index (κ2) is 5.68. The van der Waals surface area contributed by atoms with Crippen LogP contribution in [0.15, 0.2) is 18.2 Å². The van der Waals surface area contributed by atoms with E-state index in [1.807, 2.05) is 0 Å². The third-order valence-electron chi connectivity index (χ3n) is 3.26. The van der Waals surface area contributed by atoms with Gasteiger partial charge in [-0.25, -0.2) is 4.39 Å². The van der Waals surface area contributed by atoms with E-state index in [1.54, 1.807) is 12.1 Å². The van der Waals surface area contributed by atoms with Gasteiger partial charge >= 0.3 is 0 Å². The van der Waals surface area contributed by atoms with Crippen LogP contribution in [0.2, 0.25) is 5.02 Å². The first-order valence-electron chi connectivity index (χ1n) is 5.73. The van der Waals surface area contributed by atoms with Crippen molar-refractivity contribution in [1.82, 2.24) is 0 Å². The van der Waals surface area contributed by atoms with E-state index < -0.39 is 0 Å². The Labute approximate surface area is 114 Å². The molecule has 0 aromatic heterocycles. The van der Waals surface area contributed by atoms with Crippen LogP contribution >= 0.6 is 27.5 Å². The quantitative estimate of drug-likeness (QED) is 0.758. The lowest BCUT2D eigenvalue weighted by Gasteiger charge is -2.35. The molecule has 1 nitrogen and oxygen atoms in total. The number of rotatable bonds is 3. The Morgan fingerprint density at radius 3 is 2.94 bits per heavy atom. The fourth-order valence-electron chi connectivity index (χ4n) is 2.28. The van der Waals surface area contributed by atoms with E-state index in [-0.39, 0.29) is 11.2 Å². The number of alkyl halides is 1. The van der Waals surface area contributed by atoms with Gasteiger partial charge in [-0.1, -0.05) is 27.5 Å². The second-order valence-electron chi connectivity index (χ2n) is 4.70. The topological polar surface area (TPSA) is 9.23 Å². The molecule has 1 aliphatic heterocycles. The summed E-state index contributed by atoms with van der Waals surface area (Å²) < 4.78 is 19.2. The predicted molar refractivity (Wildman–Crippen MR) is 71.4 cm³/mol. The number of benzene rings is 1. The van der Waals surface area contributed by atoms with Gasteiger partial charge in [0.15, 0.2) is 0 Å². The summed E-state index contributed by atoms with van der Waals surface area (Å²) in [5.74, 6) is -0.180. The molecule has 4 heteroatoms. The Balaban J connectivity index is 2.20. The summed E-state index contributed by atoms with van der Waals surface area (Å²) in [6.45, 7) is 1.50. The van der Waals surface area contributed by atoms with E-state index in [2.05, 4.69) is 15.9 Å². The summed E-state index contributed by atoms with van der Waals surface area (Å²) in [6.07, 6.45) is 2.77. The largest absolute Gasteiger partial charge is 0.381 e. The van der Waals surface area contributed by atoms with Crippen LogP contribution in [0.5, 0.6) is 0 Å². The molecule has 94 valence electrons. The molecule has 0 spiro atoms. The van der Waals surface area contributed by atoms with Crippen LogP contribution in [0.4, 0.5) is 4.39 Å². The zero-order valence-electron chi connectivity index (χ0n) is 9.52. The monoisotopic (exact) mass is 320 g/mol. The zero-order valence-corrected chi connectivity index (χ0v) is 11.9. The maximum Gasteiger partial charge on any atom is 0.126 e. The standard InChI is InChI=1S/C13H15BrClFO/c14-8-13(4-1-5-17-9-13)7-10-6-11(15)2-3-12(10)16/h2-3,6H,1,4-5,7-9H2. The van der Waals surface area contributed by atoms with Crippen molar-refractivity contribution in [2.24, 2.45) is 5.41 Å². The van der Waals surface area contributed by atoms with Crippen molar-refractivity contribution < 1.29 is 9.13 Å². The maximum atomic E-state index is 13.7. The SMILES string of the molecule is Fc1ccc(Cl)cc1CC1(CBr)CCCOC1. The van der Waals surface area contributed by atoms with Gasteiger partial charge in [0.2, 0.25) is 0 Å². The van der Waals surface area contributed by atoms with Crippen LogP contribution in [-0.2, 0) is 11.2 Å². The van der Waals surface area contributed by atoms with Gasteiger partial charge in [0.25, 0.3) is 0 Å². The van der Waals surface area contributed by atoms with E-state index in [0.29, 0.717) is 23.6 Å². The highest BCUT2D eigenvalue weighted by Crippen LogP contribution is 2.35. The molecule has 1 aliphatic rings. The van der Waals surface area contributed by atoms with Crippen LogP contribution in [0.3, 0.4) is 0 Å². The molecule has 1 heterocycles. The molecule has 0 amide bonds. The van der Waals surface area contributed by atoms with E-state index in [9.17, 15) is 4.39 Å². The van der Waals surface area contributed by atoms with Crippen molar-refractivity contribution in [1.29, 1.82) is 0 Å². The smallest absolute Gasteiger partial charge is 0.126 e. The van der Waals surface area contributed by atoms with Gasteiger partial charge in [0.1, 0.15) is 5.82 Å². The molecule has 0 radical (unpaired) electrons. The number of hydrogen-bond donors (Lipinski definition) is 0. The van der Waals surface area contributed by atoms with E-state index in [1.165, 1.54) is 6.07 Å². The summed E-state index contributed by atoms with van der Waals surface area (Å²) >= 11 is 9.45. The molecule has 0 N–H and O–H groups in total. The van der Waals surface area contributed by atoms with Crippen molar-refractivity contribution in [3.63, 3.8) is 0 Å². The van der Waals surface area contributed by atoms with Gasteiger partial charge in [-0.2, -0.15) is 0 Å². The van der Waals surface area contributed by atoms with Crippen molar-refractivity contribution in [2.75, 3.05) is 18.5 Å². The molecule has 1 saturated heterocycles. The summed E-state index contributed by atoms with van der Waals surface area (Å²) in [4.78, 5) is 0. The van der Waals surface area contributed by atoms with Crippen LogP contribution < -0.4 is 0 Å². The normalized spacial score (nSPS) is 24.9. The van der Waals surface area contributed by atoms with Crippen molar-refractivity contribution in [3.05, 3.63) is 34.6 Å². The number of halogens is 3. The summed E-state index contributed by atoms with van der Waals surface area (Å²) in [7, 11) is 0. The molecule has 1 aromatic rings. The summed E-state index contributed by atoms with van der Waals surface area (Å²) in [5, 5.41) is 1.41. The summed E-state index contributed by atoms with van der Waals surface area (Å²) in [6, 6.07) is 4.73. The van der Waals surface area contributed by atoms with Crippen molar-refractivity contribution >= 4 is 27.5 Å². The molecule has 17 heavy (non-hydrogen) atoms. The third kappa shape index (κ3) is 3.21. The molecule has 1 unspecified atom stereocenters. The fraction of sp³-hybridized carbons (Fsp3) is 0.538. The summed E-state index contributed by atoms with van der Waals surface area (Å²) in [5.41, 5.74) is 0.687. The highest BCUT2D eigenvalue weighted by atomic mass is 79.9.